The molecule has 1 aromatic carbocycles. The van der Waals surface area contributed by atoms with Gasteiger partial charge < -0.3 is 10.3 Å². The number of rotatable bonds is 4. The summed E-state index contributed by atoms with van der Waals surface area (Å²) in [6.45, 7) is 3.89. The summed E-state index contributed by atoms with van der Waals surface area (Å²) in [4.78, 5) is 26.2. The number of carbonyl (C=O) groups excluding carboxylic acids is 1. The molecule has 0 fully saturated rings. The molecule has 0 aliphatic rings. The smallest absolute Gasteiger partial charge is 0.271 e. The lowest BCUT2D eigenvalue weighted by atomic mass is 10.1. The van der Waals surface area contributed by atoms with Crippen LogP contribution >= 0.6 is 0 Å². The summed E-state index contributed by atoms with van der Waals surface area (Å²) < 4.78 is 0. The highest BCUT2D eigenvalue weighted by Crippen LogP contribution is 2.05. The summed E-state index contributed by atoms with van der Waals surface area (Å²) in [5.74, 6) is -0.0417. The summed E-state index contributed by atoms with van der Waals surface area (Å²) >= 11 is 0. The molecule has 0 amide bonds. The maximum absolute atomic E-state index is 11.9. The number of aryl methyl sites for hydroxylation is 2. The molecule has 0 bridgehead atoms. The van der Waals surface area contributed by atoms with E-state index in [9.17, 15) is 9.59 Å². The van der Waals surface area contributed by atoms with Gasteiger partial charge >= 0.3 is 0 Å². The monoisotopic (exact) mass is 256 g/mol. The van der Waals surface area contributed by atoms with Crippen molar-refractivity contribution in [2.75, 3.05) is 11.9 Å². The molecular weight excluding hydrogens is 240 g/mol. The van der Waals surface area contributed by atoms with E-state index in [2.05, 4.69) is 10.3 Å². The molecular formula is C15H16N2O2. The Kier molecular flexibility index (Phi) is 3.80. The van der Waals surface area contributed by atoms with Crippen molar-refractivity contribution in [1.82, 2.24) is 4.98 Å². The Bertz CT molecular complexity index is 642. The molecule has 1 heterocycles. The van der Waals surface area contributed by atoms with Crippen LogP contribution in [0.1, 0.15) is 21.6 Å². The van der Waals surface area contributed by atoms with E-state index in [0.29, 0.717) is 11.3 Å². The third-order valence-electron chi connectivity index (χ3n) is 2.87. The molecule has 2 aromatic rings. The molecule has 1 aromatic heterocycles. The predicted molar refractivity (Wildman–Crippen MR) is 75.8 cm³/mol. The third-order valence-corrected chi connectivity index (χ3v) is 2.87. The Morgan fingerprint density at radius 3 is 2.42 bits per heavy atom. The highest BCUT2D eigenvalue weighted by Gasteiger charge is 2.06. The van der Waals surface area contributed by atoms with Crippen LogP contribution in [0.4, 0.5) is 5.69 Å². The lowest BCUT2D eigenvalue weighted by Gasteiger charge is -2.05. The van der Waals surface area contributed by atoms with Gasteiger partial charge in [0.25, 0.3) is 5.56 Å². The zero-order chi connectivity index (χ0) is 13.8. The molecule has 0 unspecified atom stereocenters. The topological polar surface area (TPSA) is 62.0 Å². The van der Waals surface area contributed by atoms with Crippen molar-refractivity contribution < 1.29 is 4.79 Å². The van der Waals surface area contributed by atoms with Crippen molar-refractivity contribution in [2.45, 2.75) is 13.8 Å². The fourth-order valence-electron chi connectivity index (χ4n) is 1.73. The van der Waals surface area contributed by atoms with E-state index in [0.717, 1.165) is 11.3 Å². The van der Waals surface area contributed by atoms with E-state index < -0.39 is 0 Å². The van der Waals surface area contributed by atoms with E-state index in [1.54, 1.807) is 24.3 Å². The minimum Gasteiger partial charge on any atom is -0.373 e. The van der Waals surface area contributed by atoms with Gasteiger partial charge in [0.2, 0.25) is 0 Å². The molecule has 0 spiro atoms. The van der Waals surface area contributed by atoms with Gasteiger partial charge in [0.1, 0.15) is 5.69 Å². The number of nitrogens with one attached hydrogen (secondary N) is 2. The van der Waals surface area contributed by atoms with Crippen molar-refractivity contribution in [3.8, 4) is 0 Å². The second-order valence-corrected chi connectivity index (χ2v) is 4.53. The normalized spacial score (nSPS) is 10.2. The van der Waals surface area contributed by atoms with Crippen LogP contribution in [0, 0.1) is 13.8 Å². The Labute approximate surface area is 111 Å². The SMILES string of the molecule is Cc1ccc(C(=O)CNc2ccc(C)[nH]c2=O)cc1. The van der Waals surface area contributed by atoms with Crippen molar-refractivity contribution >= 4 is 11.5 Å². The van der Waals surface area contributed by atoms with Crippen LogP contribution in [-0.2, 0) is 0 Å². The van der Waals surface area contributed by atoms with E-state index in [1.807, 2.05) is 26.0 Å². The zero-order valence-electron chi connectivity index (χ0n) is 11.0. The molecule has 19 heavy (non-hydrogen) atoms. The van der Waals surface area contributed by atoms with Crippen LogP contribution in [0.2, 0.25) is 0 Å². The summed E-state index contributed by atoms with van der Waals surface area (Å²) in [7, 11) is 0. The van der Waals surface area contributed by atoms with Crippen LogP contribution in [0.3, 0.4) is 0 Å². The van der Waals surface area contributed by atoms with Crippen LogP contribution in [-0.4, -0.2) is 17.3 Å². The van der Waals surface area contributed by atoms with E-state index in [1.165, 1.54) is 0 Å². The molecule has 0 atom stereocenters. The first-order chi connectivity index (χ1) is 9.06. The van der Waals surface area contributed by atoms with Gasteiger partial charge in [0, 0.05) is 11.3 Å². The first-order valence-electron chi connectivity index (χ1n) is 6.10. The predicted octanol–water partition coefficient (Wildman–Crippen LogP) is 2.29. The van der Waals surface area contributed by atoms with Crippen molar-refractivity contribution in [1.29, 1.82) is 0 Å². The number of hydrogen-bond donors (Lipinski definition) is 2. The second kappa shape index (κ2) is 5.52. The van der Waals surface area contributed by atoms with E-state index >= 15 is 0 Å². The molecule has 4 nitrogen and oxygen atoms in total. The van der Waals surface area contributed by atoms with Crippen LogP contribution in [0.5, 0.6) is 0 Å². The molecule has 0 saturated heterocycles. The molecule has 4 heteroatoms. The molecule has 0 saturated carbocycles. The number of carbonyl (C=O) groups is 1. The van der Waals surface area contributed by atoms with Gasteiger partial charge in [-0.1, -0.05) is 29.8 Å². The fourth-order valence-corrected chi connectivity index (χ4v) is 1.73. The molecule has 2 rings (SSSR count). The highest BCUT2D eigenvalue weighted by atomic mass is 16.1. The number of benzene rings is 1. The number of aromatic amines is 1. The van der Waals surface area contributed by atoms with Gasteiger partial charge in [-0.05, 0) is 26.0 Å². The number of anilines is 1. The van der Waals surface area contributed by atoms with Crippen LogP contribution < -0.4 is 10.9 Å². The quantitative estimate of drug-likeness (QED) is 0.825. The molecule has 98 valence electrons. The number of hydrogen-bond acceptors (Lipinski definition) is 3. The van der Waals surface area contributed by atoms with Crippen molar-refractivity contribution in [2.24, 2.45) is 0 Å². The number of aromatic nitrogens is 1. The van der Waals surface area contributed by atoms with Gasteiger partial charge in [-0.15, -0.1) is 0 Å². The number of Topliss-reactive ketones (excluding diaryl/α,β-unsaturated/α-hetero) is 1. The largest absolute Gasteiger partial charge is 0.373 e. The third kappa shape index (κ3) is 3.31. The number of ketones is 1. The van der Waals surface area contributed by atoms with E-state index in [-0.39, 0.29) is 17.9 Å². The second-order valence-electron chi connectivity index (χ2n) is 4.53. The Morgan fingerprint density at radius 2 is 1.79 bits per heavy atom. The average molecular weight is 256 g/mol. The first-order valence-corrected chi connectivity index (χ1v) is 6.10. The lowest BCUT2D eigenvalue weighted by Crippen LogP contribution is -2.20. The van der Waals surface area contributed by atoms with Gasteiger partial charge in [-0.3, -0.25) is 9.59 Å². The van der Waals surface area contributed by atoms with Crippen LogP contribution in [0.25, 0.3) is 0 Å². The standard InChI is InChI=1S/C15H16N2O2/c1-10-3-6-12(7-4-10)14(18)9-16-13-8-5-11(2)17-15(13)19/h3-8,16H,9H2,1-2H3,(H,17,19). The molecule has 2 N–H and O–H groups in total. The van der Waals surface area contributed by atoms with Crippen molar-refractivity contribution in [3.05, 3.63) is 63.6 Å². The highest BCUT2D eigenvalue weighted by molar-refractivity contribution is 5.98. The summed E-state index contributed by atoms with van der Waals surface area (Å²) in [5, 5.41) is 2.86. The number of pyridine rings is 1. The zero-order valence-corrected chi connectivity index (χ0v) is 11.0. The average Bonchev–Trinajstić information content (AvgIpc) is 2.38. The first kappa shape index (κ1) is 13.1. The summed E-state index contributed by atoms with van der Waals surface area (Å²) in [6, 6.07) is 10.8. The molecule has 0 aliphatic carbocycles. The Morgan fingerprint density at radius 1 is 1.11 bits per heavy atom. The minimum atomic E-state index is -0.211. The van der Waals surface area contributed by atoms with E-state index in [4.69, 9.17) is 0 Å². The van der Waals surface area contributed by atoms with Gasteiger partial charge in [0.15, 0.2) is 5.78 Å². The maximum Gasteiger partial charge on any atom is 0.271 e. The summed E-state index contributed by atoms with van der Waals surface area (Å²) in [6.07, 6.45) is 0. The molecule has 0 radical (unpaired) electrons. The lowest BCUT2D eigenvalue weighted by molar-refractivity contribution is 0.101. The molecule has 0 aliphatic heterocycles. The Balaban J connectivity index is 2.04. The van der Waals surface area contributed by atoms with Crippen molar-refractivity contribution in [3.63, 3.8) is 0 Å². The van der Waals surface area contributed by atoms with Gasteiger partial charge in [-0.25, -0.2) is 0 Å². The van der Waals surface area contributed by atoms with Gasteiger partial charge in [0.05, 0.1) is 6.54 Å². The maximum atomic E-state index is 11.9. The fraction of sp³-hybridized carbons (Fsp3) is 0.200. The Hall–Kier alpha value is -2.36. The van der Waals surface area contributed by atoms with Crippen LogP contribution in [0.15, 0.2) is 41.2 Å². The number of H-pyrrole nitrogens is 1. The van der Waals surface area contributed by atoms with Gasteiger partial charge in [-0.2, -0.15) is 0 Å². The minimum absolute atomic E-state index is 0.0417. The summed E-state index contributed by atoms with van der Waals surface area (Å²) in [5.41, 5.74) is 2.74.